The topological polar surface area (TPSA) is 89.9 Å². The number of aryl methyl sites for hydroxylation is 1. The van der Waals surface area contributed by atoms with Crippen molar-refractivity contribution in [2.75, 3.05) is 0 Å². The average molecular weight is 456 g/mol. The van der Waals surface area contributed by atoms with Crippen molar-refractivity contribution >= 4 is 22.6 Å². The molecule has 7 nitrogen and oxygen atoms in total. The number of benzene rings is 2. The van der Waals surface area contributed by atoms with Gasteiger partial charge in [0.25, 0.3) is 0 Å². The first-order valence-corrected chi connectivity index (χ1v) is 11.1. The summed E-state index contributed by atoms with van der Waals surface area (Å²) in [7, 11) is 0. The first kappa shape index (κ1) is 21.9. The Morgan fingerprint density at radius 1 is 1.06 bits per heavy atom. The summed E-state index contributed by atoms with van der Waals surface area (Å²) >= 11 is 0. The minimum Gasteiger partial charge on any atom is -0.479 e. The van der Waals surface area contributed by atoms with Gasteiger partial charge in [-0.2, -0.15) is 5.10 Å². The van der Waals surface area contributed by atoms with Gasteiger partial charge in [-0.15, -0.1) is 0 Å². The van der Waals surface area contributed by atoms with E-state index in [1.807, 2.05) is 88.4 Å². The van der Waals surface area contributed by atoms with E-state index in [-0.39, 0.29) is 0 Å². The molecule has 1 N–H and O–H groups in total. The van der Waals surface area contributed by atoms with Gasteiger partial charge in [-0.05, 0) is 52.0 Å². The number of furan rings is 1. The van der Waals surface area contributed by atoms with E-state index in [2.05, 4.69) is 0 Å². The van der Waals surface area contributed by atoms with Crippen LogP contribution in [0.3, 0.4) is 0 Å². The van der Waals surface area contributed by atoms with E-state index >= 15 is 0 Å². The Morgan fingerprint density at radius 3 is 2.53 bits per heavy atom. The lowest BCUT2D eigenvalue weighted by Crippen LogP contribution is -2.29. The third kappa shape index (κ3) is 3.95. The summed E-state index contributed by atoms with van der Waals surface area (Å²) in [6, 6.07) is 19.4. The Morgan fingerprint density at radius 2 is 1.82 bits per heavy atom. The van der Waals surface area contributed by atoms with Crippen molar-refractivity contribution in [3.05, 3.63) is 78.2 Å². The maximum absolute atomic E-state index is 12.4. The van der Waals surface area contributed by atoms with Crippen molar-refractivity contribution in [1.29, 1.82) is 0 Å². The molecule has 1 unspecified atom stereocenters. The Labute approximate surface area is 196 Å². The molecule has 0 saturated heterocycles. The van der Waals surface area contributed by atoms with Crippen LogP contribution < -0.4 is 0 Å². The van der Waals surface area contributed by atoms with Crippen molar-refractivity contribution in [3.63, 3.8) is 0 Å². The maximum Gasteiger partial charge on any atom is 0.337 e. The normalized spacial score (nSPS) is 12.9. The standard InChI is InChI=1S/C27H25N3O4/c1-16-23(25(26(31)32)34-27(2,3)4)24(19-10-11-21-18(14-19)12-13-33-21)30-22(28-16)15-20(29-30)17-8-6-5-7-9-17/h5-15,25H,1-4H3,(H,31,32). The molecule has 7 heteroatoms. The van der Waals surface area contributed by atoms with Crippen molar-refractivity contribution in [2.45, 2.75) is 39.4 Å². The highest BCUT2D eigenvalue weighted by Crippen LogP contribution is 2.37. The lowest BCUT2D eigenvalue weighted by molar-refractivity contribution is -0.160. The third-order valence-corrected chi connectivity index (χ3v) is 5.58. The predicted molar refractivity (Wildman–Crippen MR) is 130 cm³/mol. The molecule has 0 aliphatic rings. The zero-order valence-corrected chi connectivity index (χ0v) is 19.4. The maximum atomic E-state index is 12.4. The summed E-state index contributed by atoms with van der Waals surface area (Å²) in [4.78, 5) is 17.2. The van der Waals surface area contributed by atoms with Crippen LogP contribution in [0, 0.1) is 6.92 Å². The van der Waals surface area contributed by atoms with Gasteiger partial charge in [0.15, 0.2) is 11.8 Å². The Balaban J connectivity index is 1.83. The molecule has 5 aromatic rings. The highest BCUT2D eigenvalue weighted by Gasteiger charge is 2.33. The Hall–Kier alpha value is -3.97. The van der Waals surface area contributed by atoms with Gasteiger partial charge in [-0.1, -0.05) is 30.3 Å². The van der Waals surface area contributed by atoms with Gasteiger partial charge in [0, 0.05) is 33.8 Å². The number of nitrogens with zero attached hydrogens (tertiary/aromatic N) is 3. The monoisotopic (exact) mass is 455 g/mol. The Kier molecular flexibility index (Phi) is 5.21. The molecule has 34 heavy (non-hydrogen) atoms. The van der Waals surface area contributed by atoms with Crippen LogP contribution >= 0.6 is 0 Å². The molecule has 0 aliphatic heterocycles. The van der Waals surface area contributed by atoms with Gasteiger partial charge in [-0.25, -0.2) is 14.3 Å². The number of hydrogen-bond acceptors (Lipinski definition) is 5. The largest absolute Gasteiger partial charge is 0.479 e. The van der Waals surface area contributed by atoms with E-state index in [9.17, 15) is 9.90 Å². The lowest BCUT2D eigenvalue weighted by atomic mass is 9.98. The molecule has 0 saturated carbocycles. The number of carboxylic acids is 1. The molecule has 0 bridgehead atoms. The average Bonchev–Trinajstić information content (AvgIpc) is 3.43. The summed E-state index contributed by atoms with van der Waals surface area (Å²) in [5, 5.41) is 15.9. The smallest absolute Gasteiger partial charge is 0.337 e. The highest BCUT2D eigenvalue weighted by molar-refractivity contribution is 5.86. The van der Waals surface area contributed by atoms with Gasteiger partial charge >= 0.3 is 5.97 Å². The SMILES string of the molecule is Cc1nc2cc(-c3ccccc3)nn2c(-c2ccc3occc3c2)c1C(OC(C)(C)C)C(=O)O. The van der Waals surface area contributed by atoms with Gasteiger partial charge in [0.05, 0.1) is 23.3 Å². The van der Waals surface area contributed by atoms with Gasteiger partial charge in [-0.3, -0.25) is 0 Å². The quantitative estimate of drug-likeness (QED) is 0.346. The van der Waals surface area contributed by atoms with E-state index in [4.69, 9.17) is 19.2 Å². The summed E-state index contributed by atoms with van der Waals surface area (Å²) in [6.07, 6.45) is 0.406. The van der Waals surface area contributed by atoms with Crippen molar-refractivity contribution in [3.8, 4) is 22.5 Å². The number of aromatic nitrogens is 3. The van der Waals surface area contributed by atoms with Gasteiger partial charge in [0.2, 0.25) is 0 Å². The zero-order chi connectivity index (χ0) is 24.0. The van der Waals surface area contributed by atoms with Crippen molar-refractivity contribution in [1.82, 2.24) is 14.6 Å². The van der Waals surface area contributed by atoms with E-state index in [1.54, 1.807) is 10.8 Å². The highest BCUT2D eigenvalue weighted by atomic mass is 16.5. The molecule has 1 atom stereocenters. The number of hydrogen-bond donors (Lipinski definition) is 1. The molecule has 3 aromatic heterocycles. The number of ether oxygens (including phenoxy) is 1. The van der Waals surface area contributed by atoms with Gasteiger partial charge < -0.3 is 14.3 Å². The summed E-state index contributed by atoms with van der Waals surface area (Å²) in [6.45, 7) is 7.32. The minimum atomic E-state index is -1.23. The molecule has 0 radical (unpaired) electrons. The Bertz CT molecular complexity index is 1510. The fraction of sp³-hybridized carbons (Fsp3) is 0.222. The van der Waals surface area contributed by atoms with Crippen LogP contribution in [0.1, 0.15) is 38.1 Å². The van der Waals surface area contributed by atoms with Crippen molar-refractivity contribution in [2.24, 2.45) is 0 Å². The molecule has 0 fully saturated rings. The number of rotatable bonds is 5. The van der Waals surface area contributed by atoms with E-state index in [0.717, 1.165) is 27.8 Å². The summed E-state index contributed by atoms with van der Waals surface area (Å²) < 4.78 is 13.3. The predicted octanol–water partition coefficient (Wildman–Crippen LogP) is 6.06. The molecule has 0 aliphatic carbocycles. The molecule has 172 valence electrons. The van der Waals surface area contributed by atoms with Crippen LogP contribution in [0.2, 0.25) is 0 Å². The summed E-state index contributed by atoms with van der Waals surface area (Å²) in [5.41, 5.74) is 4.86. The van der Waals surface area contributed by atoms with Crippen LogP contribution in [0.15, 0.2) is 71.3 Å². The number of carboxylic acid groups (broad SMARTS) is 1. The van der Waals surface area contributed by atoms with E-state index < -0.39 is 17.7 Å². The lowest BCUT2D eigenvalue weighted by Gasteiger charge is -2.27. The molecule has 3 heterocycles. The molecule has 0 amide bonds. The van der Waals surface area contributed by atoms with Crippen molar-refractivity contribution < 1.29 is 19.1 Å². The zero-order valence-electron chi connectivity index (χ0n) is 19.4. The second-order valence-electron chi connectivity index (χ2n) is 9.25. The number of carbonyl (C=O) groups is 1. The van der Waals surface area contributed by atoms with Crippen LogP contribution in [-0.4, -0.2) is 31.3 Å². The fourth-order valence-corrected chi connectivity index (χ4v) is 4.17. The van der Waals surface area contributed by atoms with Crippen LogP contribution in [0.25, 0.3) is 39.1 Å². The second-order valence-corrected chi connectivity index (χ2v) is 9.25. The van der Waals surface area contributed by atoms with E-state index in [0.29, 0.717) is 22.6 Å². The van der Waals surface area contributed by atoms with Crippen LogP contribution in [0.5, 0.6) is 0 Å². The number of aliphatic carboxylic acids is 1. The summed E-state index contributed by atoms with van der Waals surface area (Å²) in [5.74, 6) is -1.08. The molecular weight excluding hydrogens is 430 g/mol. The molecular formula is C27H25N3O4. The fourth-order valence-electron chi connectivity index (χ4n) is 4.17. The molecule has 5 rings (SSSR count). The first-order chi connectivity index (χ1) is 16.2. The number of fused-ring (bicyclic) bond motifs is 2. The van der Waals surface area contributed by atoms with E-state index in [1.165, 1.54) is 0 Å². The molecule has 2 aromatic carbocycles. The first-order valence-electron chi connectivity index (χ1n) is 11.1. The second kappa shape index (κ2) is 8.11. The van der Waals surface area contributed by atoms with Crippen LogP contribution in [0.4, 0.5) is 0 Å². The van der Waals surface area contributed by atoms with Gasteiger partial charge in [0.1, 0.15) is 5.58 Å². The minimum absolute atomic E-state index is 0.473. The molecule has 0 spiro atoms. The third-order valence-electron chi connectivity index (χ3n) is 5.58. The van der Waals surface area contributed by atoms with Crippen LogP contribution in [-0.2, 0) is 9.53 Å².